The largest absolute Gasteiger partial charge is 0.480 e. The highest BCUT2D eigenvalue weighted by molar-refractivity contribution is 5.97. The Bertz CT molecular complexity index is 540. The van der Waals surface area contributed by atoms with Gasteiger partial charge in [0.05, 0.1) is 0 Å². The predicted octanol–water partition coefficient (Wildman–Crippen LogP) is 0.881. The highest BCUT2D eigenvalue weighted by atomic mass is 16.4. The van der Waals surface area contributed by atoms with Crippen LogP contribution >= 0.6 is 0 Å². The van der Waals surface area contributed by atoms with Gasteiger partial charge in [0, 0.05) is 11.6 Å². The molecule has 112 valence electrons. The molecule has 6 heteroatoms. The Hall–Kier alpha value is -2.37. The molecule has 1 aliphatic rings. The van der Waals surface area contributed by atoms with Crippen molar-refractivity contribution in [3.05, 3.63) is 35.9 Å². The Labute approximate surface area is 122 Å². The van der Waals surface area contributed by atoms with Crippen molar-refractivity contribution in [3.63, 3.8) is 0 Å². The lowest BCUT2D eigenvalue weighted by molar-refractivity contribution is -0.145. The first-order valence-corrected chi connectivity index (χ1v) is 6.87. The molecule has 1 saturated carbocycles. The minimum Gasteiger partial charge on any atom is -0.480 e. The molecule has 1 atom stereocenters. The predicted molar refractivity (Wildman–Crippen MR) is 75.7 cm³/mol. The van der Waals surface area contributed by atoms with Gasteiger partial charge in [-0.3, -0.25) is 14.4 Å². The lowest BCUT2D eigenvalue weighted by Gasteiger charge is -2.24. The SMILES string of the molecule is CC(NC(=O)c1ccccc1)C(=O)N(CC(=O)O)C1CC1. The Balaban J connectivity index is 1.98. The van der Waals surface area contributed by atoms with Gasteiger partial charge in [0.15, 0.2) is 0 Å². The standard InChI is InChI=1S/C15H18N2O4/c1-10(16-14(20)11-5-3-2-4-6-11)15(21)17(9-13(18)19)12-7-8-12/h2-6,10,12H,7-9H2,1H3,(H,16,20)(H,18,19). The van der Waals surface area contributed by atoms with Crippen molar-refractivity contribution in [1.82, 2.24) is 10.2 Å². The van der Waals surface area contributed by atoms with E-state index in [0.717, 1.165) is 12.8 Å². The molecule has 6 nitrogen and oxygen atoms in total. The van der Waals surface area contributed by atoms with Gasteiger partial charge >= 0.3 is 5.97 Å². The first-order valence-electron chi connectivity index (χ1n) is 6.87. The molecule has 1 aromatic carbocycles. The van der Waals surface area contributed by atoms with E-state index in [0.29, 0.717) is 5.56 Å². The first kappa shape index (κ1) is 15.0. The van der Waals surface area contributed by atoms with Crippen molar-refractivity contribution in [2.24, 2.45) is 0 Å². The maximum atomic E-state index is 12.3. The smallest absolute Gasteiger partial charge is 0.323 e. The lowest BCUT2D eigenvalue weighted by atomic mass is 10.2. The third-order valence-electron chi connectivity index (χ3n) is 3.33. The normalized spacial score (nSPS) is 15.1. The molecule has 1 unspecified atom stereocenters. The number of carbonyl (C=O) groups excluding carboxylic acids is 2. The average Bonchev–Trinajstić information content (AvgIpc) is 3.29. The van der Waals surface area contributed by atoms with Gasteiger partial charge in [-0.2, -0.15) is 0 Å². The van der Waals surface area contributed by atoms with Gasteiger partial charge in [-0.05, 0) is 31.9 Å². The fourth-order valence-electron chi connectivity index (χ4n) is 2.10. The zero-order valence-electron chi connectivity index (χ0n) is 11.8. The molecule has 2 amide bonds. The fraction of sp³-hybridized carbons (Fsp3) is 0.400. The minimum atomic E-state index is -1.04. The van der Waals surface area contributed by atoms with Gasteiger partial charge in [0.2, 0.25) is 5.91 Å². The summed E-state index contributed by atoms with van der Waals surface area (Å²) in [5.74, 6) is -1.75. The van der Waals surface area contributed by atoms with Crippen LogP contribution in [0.15, 0.2) is 30.3 Å². The van der Waals surface area contributed by atoms with Crippen molar-refractivity contribution in [2.75, 3.05) is 6.54 Å². The Kier molecular flexibility index (Phi) is 4.57. The zero-order chi connectivity index (χ0) is 15.4. The monoisotopic (exact) mass is 290 g/mol. The quantitative estimate of drug-likeness (QED) is 0.814. The number of carbonyl (C=O) groups is 3. The van der Waals surface area contributed by atoms with E-state index < -0.39 is 12.0 Å². The number of benzene rings is 1. The lowest BCUT2D eigenvalue weighted by Crippen LogP contribution is -2.49. The zero-order valence-corrected chi connectivity index (χ0v) is 11.8. The van der Waals surface area contributed by atoms with Gasteiger partial charge in [-0.15, -0.1) is 0 Å². The number of amides is 2. The van der Waals surface area contributed by atoms with E-state index in [1.54, 1.807) is 37.3 Å². The molecule has 2 N–H and O–H groups in total. The number of hydrogen-bond acceptors (Lipinski definition) is 3. The summed E-state index contributed by atoms with van der Waals surface area (Å²) in [7, 11) is 0. The summed E-state index contributed by atoms with van der Waals surface area (Å²) in [6, 6.07) is 7.82. The molecule has 2 rings (SSSR count). The van der Waals surface area contributed by atoms with Gasteiger partial charge in [0.25, 0.3) is 5.91 Å². The van der Waals surface area contributed by atoms with Crippen LogP contribution in [0.5, 0.6) is 0 Å². The number of rotatable bonds is 6. The molecule has 0 aromatic heterocycles. The van der Waals surface area contributed by atoms with Crippen molar-refractivity contribution in [1.29, 1.82) is 0 Å². The van der Waals surface area contributed by atoms with Crippen LogP contribution in [0.2, 0.25) is 0 Å². The summed E-state index contributed by atoms with van der Waals surface area (Å²) in [5, 5.41) is 11.5. The molecule has 1 fully saturated rings. The van der Waals surface area contributed by atoms with Crippen LogP contribution in [0, 0.1) is 0 Å². The first-order chi connectivity index (χ1) is 9.99. The Morgan fingerprint density at radius 2 is 1.90 bits per heavy atom. The summed E-state index contributed by atoms with van der Waals surface area (Å²) in [6.45, 7) is 1.25. The van der Waals surface area contributed by atoms with Crippen molar-refractivity contribution in [3.8, 4) is 0 Å². The minimum absolute atomic E-state index is 0.00956. The molecule has 0 heterocycles. The number of nitrogens with one attached hydrogen (secondary N) is 1. The van der Waals surface area contributed by atoms with Crippen LogP contribution < -0.4 is 5.32 Å². The fourth-order valence-corrected chi connectivity index (χ4v) is 2.10. The van der Waals surface area contributed by atoms with Crippen LogP contribution in [-0.4, -0.2) is 46.4 Å². The van der Waals surface area contributed by atoms with Crippen LogP contribution in [0.1, 0.15) is 30.1 Å². The second-order valence-corrected chi connectivity index (χ2v) is 5.15. The average molecular weight is 290 g/mol. The molecule has 0 saturated heterocycles. The third-order valence-corrected chi connectivity index (χ3v) is 3.33. The van der Waals surface area contributed by atoms with Crippen LogP contribution in [0.3, 0.4) is 0 Å². The van der Waals surface area contributed by atoms with Gasteiger partial charge < -0.3 is 15.3 Å². The topological polar surface area (TPSA) is 86.7 Å². The molecular formula is C15H18N2O4. The van der Waals surface area contributed by atoms with E-state index >= 15 is 0 Å². The highest BCUT2D eigenvalue weighted by Gasteiger charge is 2.36. The summed E-state index contributed by atoms with van der Waals surface area (Å²) in [6.07, 6.45) is 1.64. The van der Waals surface area contributed by atoms with Crippen LogP contribution in [-0.2, 0) is 9.59 Å². The van der Waals surface area contributed by atoms with Gasteiger partial charge in [0.1, 0.15) is 12.6 Å². The summed E-state index contributed by atoms with van der Waals surface area (Å²) in [5.41, 5.74) is 0.466. The molecule has 1 aromatic rings. The number of carboxylic acid groups (broad SMARTS) is 1. The summed E-state index contributed by atoms with van der Waals surface area (Å²) >= 11 is 0. The number of hydrogen-bond donors (Lipinski definition) is 2. The van der Waals surface area contributed by atoms with Crippen molar-refractivity contribution in [2.45, 2.75) is 31.8 Å². The second kappa shape index (κ2) is 6.39. The van der Waals surface area contributed by atoms with Crippen molar-refractivity contribution >= 4 is 17.8 Å². The molecule has 0 spiro atoms. The van der Waals surface area contributed by atoms with E-state index in [1.165, 1.54) is 4.90 Å². The van der Waals surface area contributed by atoms with E-state index in [9.17, 15) is 14.4 Å². The second-order valence-electron chi connectivity index (χ2n) is 5.15. The van der Waals surface area contributed by atoms with Crippen molar-refractivity contribution < 1.29 is 19.5 Å². The number of nitrogens with zero attached hydrogens (tertiary/aromatic N) is 1. The number of carboxylic acids is 1. The van der Waals surface area contributed by atoms with Crippen LogP contribution in [0.25, 0.3) is 0 Å². The van der Waals surface area contributed by atoms with Crippen LogP contribution in [0.4, 0.5) is 0 Å². The molecule has 21 heavy (non-hydrogen) atoms. The van der Waals surface area contributed by atoms with Gasteiger partial charge in [-0.1, -0.05) is 18.2 Å². The van der Waals surface area contributed by atoms with E-state index in [4.69, 9.17) is 5.11 Å². The molecular weight excluding hydrogens is 272 g/mol. The Morgan fingerprint density at radius 3 is 2.43 bits per heavy atom. The molecule has 0 radical (unpaired) electrons. The molecule has 0 bridgehead atoms. The molecule has 0 aliphatic heterocycles. The summed E-state index contributed by atoms with van der Waals surface area (Å²) < 4.78 is 0. The van der Waals surface area contributed by atoms with E-state index in [1.807, 2.05) is 0 Å². The molecule has 1 aliphatic carbocycles. The maximum absolute atomic E-state index is 12.3. The van der Waals surface area contributed by atoms with E-state index in [2.05, 4.69) is 5.32 Å². The highest BCUT2D eigenvalue weighted by Crippen LogP contribution is 2.27. The third kappa shape index (κ3) is 4.05. The van der Waals surface area contributed by atoms with E-state index in [-0.39, 0.29) is 24.4 Å². The van der Waals surface area contributed by atoms with Gasteiger partial charge in [-0.25, -0.2) is 0 Å². The Morgan fingerprint density at radius 1 is 1.29 bits per heavy atom. The maximum Gasteiger partial charge on any atom is 0.323 e. The number of aliphatic carboxylic acids is 1. The summed E-state index contributed by atoms with van der Waals surface area (Å²) in [4.78, 5) is 36.4.